The second kappa shape index (κ2) is 18.9. The maximum absolute atomic E-state index is 0. The molecule has 0 N–H and O–H groups in total. The van der Waals surface area contributed by atoms with Gasteiger partial charge < -0.3 is 5.48 Å². The second-order valence-corrected chi connectivity index (χ2v) is 0. The van der Waals surface area contributed by atoms with Gasteiger partial charge in [-0.2, -0.15) is 0 Å². The minimum absolute atomic E-state index is 0. The number of hydrogen-bond acceptors (Lipinski definition) is 0. The van der Waals surface area contributed by atoms with E-state index in [0.717, 1.165) is 0 Å². The maximum atomic E-state index is 0. The van der Waals surface area contributed by atoms with Gasteiger partial charge in [0.1, 0.15) is 0 Å². The van der Waals surface area contributed by atoms with Crippen LogP contribution < -0.4 is 0 Å². The fourth-order valence-electron chi connectivity index (χ4n) is 0. The first-order valence-electron chi connectivity index (χ1n) is 0. The Morgan fingerprint density at radius 1 is 1.00 bits per heavy atom. The minimum Gasteiger partial charge on any atom is -2.00 e. The first kappa shape index (κ1) is 34.4. The van der Waals surface area contributed by atoms with Gasteiger partial charge in [0.05, 0.1) is 0 Å². The van der Waals surface area contributed by atoms with Crippen LogP contribution in [0.1, 0.15) is 0 Å². The van der Waals surface area contributed by atoms with Gasteiger partial charge in [-0.3, -0.25) is 0 Å². The van der Waals surface area contributed by atoms with Crippen molar-refractivity contribution < 1.29 is 74.3 Å². The zero-order valence-corrected chi connectivity index (χ0v) is 7.12. The predicted molar refractivity (Wildman–Crippen MR) is 0.686 cm³/mol. The average Bonchev–Trinajstić information content (AvgIpc) is 0. The van der Waals surface area contributed by atoms with Crippen molar-refractivity contribution in [2.24, 2.45) is 0 Å². The van der Waals surface area contributed by atoms with Crippen molar-refractivity contribution in [2.75, 3.05) is 0 Å². The largest absolute Gasteiger partial charge is 4.00 e. The maximum Gasteiger partial charge on any atom is 4.00 e. The Hall–Kier alpha value is 2.22. The van der Waals surface area contributed by atoms with E-state index in [4.69, 9.17) is 0 Å². The summed E-state index contributed by atoms with van der Waals surface area (Å²) in [7, 11) is 0. The molecule has 4 heteroatoms. The van der Waals surface area contributed by atoms with Crippen molar-refractivity contribution >= 4 is 0 Å². The van der Waals surface area contributed by atoms with E-state index in [-0.39, 0.29) is 74.3 Å². The Kier molecular flexibility index (Phi) is 162. The van der Waals surface area contributed by atoms with Gasteiger partial charge in [0.25, 0.3) is 0 Å². The second-order valence-electron chi connectivity index (χ2n) is 0. The van der Waals surface area contributed by atoms with Gasteiger partial charge in [-0.15, -0.1) is 0 Å². The summed E-state index contributed by atoms with van der Waals surface area (Å²) in [5.74, 6) is 0. The standard InChI is InChI=1S/Co.O.Sc.Zr/q+2;-2;+3;+4. The summed E-state index contributed by atoms with van der Waals surface area (Å²) >= 11 is 0. The summed E-state index contributed by atoms with van der Waals surface area (Å²) in [6.07, 6.45) is 0. The van der Waals surface area contributed by atoms with E-state index in [1.807, 2.05) is 0 Å². The number of hydrogen-bond donors (Lipinski definition) is 0. The van der Waals surface area contributed by atoms with Crippen molar-refractivity contribution in [1.82, 2.24) is 0 Å². The zero-order valence-electron chi connectivity index (χ0n) is 1.82. The fraction of sp³-hybridized carbons (Fsp3) is 0. The molecule has 0 heterocycles. The third-order valence-electron chi connectivity index (χ3n) is 0. The molecule has 0 amide bonds. The Bertz CT molecular complexity index is 8.00. The molecule has 0 saturated carbocycles. The van der Waals surface area contributed by atoms with E-state index >= 15 is 0 Å². The molecule has 0 aliphatic rings. The van der Waals surface area contributed by atoms with E-state index in [9.17, 15) is 0 Å². The SMILES string of the molecule is [Co+2].[O-2].[Sc+3].[Zr+4]. The predicted octanol–water partition coefficient (Wildman–Crippen LogP) is -0.126. The van der Waals surface area contributed by atoms with Gasteiger partial charge in [0.15, 0.2) is 0 Å². The van der Waals surface area contributed by atoms with E-state index in [1.54, 1.807) is 0 Å². The normalized spacial score (nSPS) is 0. The van der Waals surface area contributed by atoms with Crippen molar-refractivity contribution in [3.63, 3.8) is 0 Å². The summed E-state index contributed by atoms with van der Waals surface area (Å²) in [6, 6.07) is 0. The zero-order chi connectivity index (χ0) is 0. The van der Waals surface area contributed by atoms with Crippen molar-refractivity contribution in [3.05, 3.63) is 0 Å². The van der Waals surface area contributed by atoms with Gasteiger partial charge >= 0.3 is 68.8 Å². The molecule has 4 heavy (non-hydrogen) atoms. The van der Waals surface area contributed by atoms with Crippen LogP contribution >= 0.6 is 0 Å². The average molecular weight is 211 g/mol. The van der Waals surface area contributed by atoms with E-state index < -0.39 is 0 Å². The van der Waals surface area contributed by atoms with E-state index in [1.165, 1.54) is 0 Å². The molecule has 15 valence electrons. The minimum atomic E-state index is 0. The molecule has 0 saturated heterocycles. The fourth-order valence-corrected chi connectivity index (χ4v) is 0. The third-order valence-corrected chi connectivity index (χ3v) is 0. The molecule has 0 aliphatic carbocycles. The van der Waals surface area contributed by atoms with Crippen LogP contribution in [-0.2, 0) is 74.3 Å². The summed E-state index contributed by atoms with van der Waals surface area (Å²) in [6.45, 7) is 0. The van der Waals surface area contributed by atoms with Gasteiger partial charge in [-0.1, -0.05) is 0 Å². The summed E-state index contributed by atoms with van der Waals surface area (Å²) in [5.41, 5.74) is 0. The first-order valence-corrected chi connectivity index (χ1v) is 0. The topological polar surface area (TPSA) is 28.5 Å². The van der Waals surface area contributed by atoms with Gasteiger partial charge in [-0.05, 0) is 0 Å². The van der Waals surface area contributed by atoms with Gasteiger partial charge in [-0.25, -0.2) is 0 Å². The molecule has 0 spiro atoms. The quantitative estimate of drug-likeness (QED) is 0.534. The molecule has 0 atom stereocenters. The molecule has 0 aromatic carbocycles. The van der Waals surface area contributed by atoms with Crippen LogP contribution in [0.3, 0.4) is 0 Å². The van der Waals surface area contributed by atoms with Crippen LogP contribution in [0.25, 0.3) is 0 Å². The van der Waals surface area contributed by atoms with Crippen LogP contribution in [0.2, 0.25) is 0 Å². The van der Waals surface area contributed by atoms with Crippen molar-refractivity contribution in [3.8, 4) is 0 Å². The molecular weight excluding hydrogens is 211 g/mol. The summed E-state index contributed by atoms with van der Waals surface area (Å²) < 4.78 is 0. The molecule has 0 aliphatic heterocycles. The van der Waals surface area contributed by atoms with E-state index in [0.29, 0.717) is 0 Å². The summed E-state index contributed by atoms with van der Waals surface area (Å²) in [4.78, 5) is 0. The molecule has 1 nitrogen and oxygen atoms in total. The molecule has 0 aromatic rings. The molecule has 1 radical (unpaired) electrons. The van der Waals surface area contributed by atoms with Gasteiger partial charge in [0.2, 0.25) is 0 Å². The summed E-state index contributed by atoms with van der Waals surface area (Å²) in [5, 5.41) is 0. The third kappa shape index (κ3) is 8.88. The Balaban J connectivity index is 0. The molecular formula is CoOScZr+7. The van der Waals surface area contributed by atoms with Crippen LogP contribution in [0, 0.1) is 0 Å². The monoisotopic (exact) mass is 210 g/mol. The Morgan fingerprint density at radius 2 is 1.00 bits per heavy atom. The van der Waals surface area contributed by atoms with Crippen molar-refractivity contribution in [1.29, 1.82) is 0 Å². The van der Waals surface area contributed by atoms with E-state index in [2.05, 4.69) is 0 Å². The van der Waals surface area contributed by atoms with Crippen LogP contribution in [0.4, 0.5) is 0 Å². The van der Waals surface area contributed by atoms with Gasteiger partial charge in [0, 0.05) is 0 Å². The number of rotatable bonds is 0. The Labute approximate surface area is 73.3 Å². The Morgan fingerprint density at radius 3 is 1.00 bits per heavy atom. The molecule has 0 unspecified atom stereocenters. The van der Waals surface area contributed by atoms with Crippen LogP contribution in [-0.4, -0.2) is 0 Å². The smallest absolute Gasteiger partial charge is 2.00 e. The van der Waals surface area contributed by atoms with Crippen LogP contribution in [0.15, 0.2) is 0 Å². The molecule has 0 aromatic heterocycles. The molecule has 0 rings (SSSR count). The van der Waals surface area contributed by atoms with Crippen LogP contribution in [0.5, 0.6) is 0 Å². The van der Waals surface area contributed by atoms with Crippen molar-refractivity contribution in [2.45, 2.75) is 0 Å². The molecule has 0 bridgehead atoms. The first-order chi connectivity index (χ1) is 0. The molecule has 0 fully saturated rings.